The van der Waals surface area contributed by atoms with Gasteiger partial charge in [-0.3, -0.25) is 14.4 Å². The molecule has 0 aromatic carbocycles. The van der Waals surface area contributed by atoms with Crippen molar-refractivity contribution in [1.29, 1.82) is 0 Å². The summed E-state index contributed by atoms with van der Waals surface area (Å²) >= 11 is 0. The molecule has 0 radical (unpaired) electrons. The molecule has 0 aliphatic heterocycles. The second-order valence-corrected chi connectivity index (χ2v) is 4.24. The monoisotopic (exact) mass is 258 g/mol. The van der Waals surface area contributed by atoms with Crippen LogP contribution in [-0.4, -0.2) is 40.9 Å². The molecule has 0 aliphatic rings. The molecule has 0 unspecified atom stereocenters. The lowest BCUT2D eigenvalue weighted by molar-refractivity contribution is -0.138. The van der Waals surface area contributed by atoms with Crippen LogP contribution < -0.4 is 5.73 Å². The lowest BCUT2D eigenvalue weighted by Crippen LogP contribution is -2.38. The van der Waals surface area contributed by atoms with Gasteiger partial charge in [-0.25, -0.2) is 0 Å². The van der Waals surface area contributed by atoms with Gasteiger partial charge in [0.1, 0.15) is 0 Å². The van der Waals surface area contributed by atoms with Gasteiger partial charge in [0.15, 0.2) is 0 Å². The van der Waals surface area contributed by atoms with Crippen LogP contribution in [0.1, 0.15) is 45.4 Å². The molecule has 0 heterocycles. The summed E-state index contributed by atoms with van der Waals surface area (Å²) in [6, 6.07) is 0. The minimum absolute atomic E-state index is 0.0578. The average molecular weight is 258 g/mol. The Hall–Kier alpha value is -1.59. The molecule has 18 heavy (non-hydrogen) atoms. The highest BCUT2D eigenvalue weighted by Gasteiger charge is 2.14. The van der Waals surface area contributed by atoms with E-state index in [-0.39, 0.29) is 25.3 Å². The fourth-order valence-electron chi connectivity index (χ4n) is 1.54. The zero-order valence-electron chi connectivity index (χ0n) is 10.9. The lowest BCUT2D eigenvalue weighted by Gasteiger charge is -2.20. The van der Waals surface area contributed by atoms with E-state index in [1.54, 1.807) is 0 Å². The lowest BCUT2D eigenvalue weighted by atomic mass is 10.1. The van der Waals surface area contributed by atoms with Crippen molar-refractivity contribution in [2.45, 2.75) is 45.4 Å². The third kappa shape index (κ3) is 8.55. The number of nitrogens with zero attached hydrogens (tertiary/aromatic N) is 1. The third-order valence-corrected chi connectivity index (χ3v) is 2.51. The number of carboxylic acids is 1. The number of nitrogens with two attached hydrogens (primary N) is 1. The van der Waals surface area contributed by atoms with Gasteiger partial charge < -0.3 is 15.7 Å². The molecule has 2 amide bonds. The number of rotatable bonds is 10. The summed E-state index contributed by atoms with van der Waals surface area (Å²) in [5, 5.41) is 8.47. The molecule has 0 saturated carbocycles. The van der Waals surface area contributed by atoms with E-state index >= 15 is 0 Å². The zero-order chi connectivity index (χ0) is 14.0. The standard InChI is InChI=1S/C12H22N2O4/c1-2-3-8-14(9-10(13)15)11(16)6-4-5-7-12(17)18/h2-9H2,1H3,(H2,13,15)(H,17,18). The second kappa shape index (κ2) is 9.44. The summed E-state index contributed by atoms with van der Waals surface area (Å²) in [4.78, 5) is 34.4. The van der Waals surface area contributed by atoms with Gasteiger partial charge in [-0.15, -0.1) is 0 Å². The van der Waals surface area contributed by atoms with Crippen LogP contribution >= 0.6 is 0 Å². The topological polar surface area (TPSA) is 101 Å². The number of hydrogen-bond acceptors (Lipinski definition) is 3. The first-order valence-electron chi connectivity index (χ1n) is 6.25. The van der Waals surface area contributed by atoms with E-state index in [2.05, 4.69) is 0 Å². The van der Waals surface area contributed by atoms with Crippen LogP contribution in [0, 0.1) is 0 Å². The van der Waals surface area contributed by atoms with Gasteiger partial charge in [-0.1, -0.05) is 13.3 Å². The Morgan fingerprint density at radius 3 is 2.22 bits per heavy atom. The number of unbranched alkanes of at least 4 members (excludes halogenated alkanes) is 2. The van der Waals surface area contributed by atoms with E-state index in [0.29, 0.717) is 19.4 Å². The predicted molar refractivity (Wildman–Crippen MR) is 66.8 cm³/mol. The van der Waals surface area contributed by atoms with E-state index in [1.165, 1.54) is 4.90 Å². The first-order chi connectivity index (χ1) is 8.47. The Bertz CT molecular complexity index is 292. The summed E-state index contributed by atoms with van der Waals surface area (Å²) in [5.74, 6) is -1.51. The maximum atomic E-state index is 11.8. The van der Waals surface area contributed by atoms with E-state index in [0.717, 1.165) is 12.8 Å². The van der Waals surface area contributed by atoms with E-state index in [4.69, 9.17) is 10.8 Å². The predicted octanol–water partition coefficient (Wildman–Crippen LogP) is 0.745. The van der Waals surface area contributed by atoms with Gasteiger partial charge in [-0.05, 0) is 19.3 Å². The fourth-order valence-corrected chi connectivity index (χ4v) is 1.54. The van der Waals surface area contributed by atoms with Crippen molar-refractivity contribution in [3.8, 4) is 0 Å². The largest absolute Gasteiger partial charge is 0.481 e. The van der Waals surface area contributed by atoms with Gasteiger partial charge >= 0.3 is 5.97 Å². The summed E-state index contributed by atoms with van der Waals surface area (Å²) in [5.41, 5.74) is 5.09. The SMILES string of the molecule is CCCCN(CC(N)=O)C(=O)CCCCC(=O)O. The molecule has 0 atom stereocenters. The Kier molecular flexibility index (Phi) is 8.61. The van der Waals surface area contributed by atoms with Gasteiger partial charge in [0.25, 0.3) is 0 Å². The highest BCUT2D eigenvalue weighted by molar-refractivity contribution is 5.83. The number of amides is 2. The smallest absolute Gasteiger partial charge is 0.303 e. The van der Waals surface area contributed by atoms with Crippen LogP contribution in [0.2, 0.25) is 0 Å². The fraction of sp³-hybridized carbons (Fsp3) is 0.750. The van der Waals surface area contributed by atoms with E-state index < -0.39 is 11.9 Å². The minimum atomic E-state index is -0.859. The highest BCUT2D eigenvalue weighted by atomic mass is 16.4. The molecule has 0 saturated heterocycles. The number of hydrogen-bond donors (Lipinski definition) is 2. The number of aliphatic carboxylic acids is 1. The minimum Gasteiger partial charge on any atom is -0.481 e. The molecule has 3 N–H and O–H groups in total. The van der Waals surface area contributed by atoms with Gasteiger partial charge in [0.2, 0.25) is 11.8 Å². The van der Waals surface area contributed by atoms with Crippen LogP contribution in [0.3, 0.4) is 0 Å². The van der Waals surface area contributed by atoms with E-state index in [1.807, 2.05) is 6.92 Å². The van der Waals surface area contributed by atoms with Crippen LogP contribution in [0.5, 0.6) is 0 Å². The Labute approximate surface area is 107 Å². The van der Waals surface area contributed by atoms with Crippen molar-refractivity contribution in [3.63, 3.8) is 0 Å². The molecule has 0 aliphatic carbocycles. The van der Waals surface area contributed by atoms with Crippen LogP contribution in [0.15, 0.2) is 0 Å². The van der Waals surface area contributed by atoms with Crippen molar-refractivity contribution in [1.82, 2.24) is 4.90 Å². The number of carboxylic acid groups (broad SMARTS) is 1. The molecule has 0 aromatic heterocycles. The Morgan fingerprint density at radius 2 is 1.72 bits per heavy atom. The van der Waals surface area contributed by atoms with Crippen LogP contribution in [-0.2, 0) is 14.4 Å². The van der Waals surface area contributed by atoms with Crippen LogP contribution in [0.25, 0.3) is 0 Å². The normalized spacial score (nSPS) is 10.1. The van der Waals surface area contributed by atoms with Crippen LogP contribution in [0.4, 0.5) is 0 Å². The molecule has 6 nitrogen and oxygen atoms in total. The van der Waals surface area contributed by atoms with Crippen molar-refractivity contribution < 1.29 is 19.5 Å². The summed E-state index contributed by atoms with van der Waals surface area (Å²) in [6.45, 7) is 2.47. The molecular formula is C12H22N2O4. The number of carbonyl (C=O) groups excluding carboxylic acids is 2. The molecule has 6 heteroatoms. The molecule has 0 aromatic rings. The third-order valence-electron chi connectivity index (χ3n) is 2.51. The second-order valence-electron chi connectivity index (χ2n) is 4.24. The average Bonchev–Trinajstić information content (AvgIpc) is 2.29. The molecule has 0 rings (SSSR count). The molecule has 0 spiro atoms. The maximum absolute atomic E-state index is 11.8. The Balaban J connectivity index is 4.03. The maximum Gasteiger partial charge on any atom is 0.303 e. The van der Waals surface area contributed by atoms with Crippen molar-refractivity contribution in [3.05, 3.63) is 0 Å². The summed E-state index contributed by atoms with van der Waals surface area (Å²) in [7, 11) is 0. The molecule has 0 bridgehead atoms. The first kappa shape index (κ1) is 16.4. The number of carbonyl (C=O) groups is 3. The van der Waals surface area contributed by atoms with E-state index in [9.17, 15) is 14.4 Å². The molecular weight excluding hydrogens is 236 g/mol. The summed E-state index contributed by atoms with van der Waals surface area (Å²) < 4.78 is 0. The van der Waals surface area contributed by atoms with Crippen molar-refractivity contribution in [2.24, 2.45) is 5.73 Å². The quantitative estimate of drug-likeness (QED) is 0.564. The summed E-state index contributed by atoms with van der Waals surface area (Å²) in [6.07, 6.45) is 3.09. The Morgan fingerprint density at radius 1 is 1.11 bits per heavy atom. The van der Waals surface area contributed by atoms with Crippen molar-refractivity contribution >= 4 is 17.8 Å². The molecule has 0 fully saturated rings. The zero-order valence-corrected chi connectivity index (χ0v) is 10.9. The van der Waals surface area contributed by atoms with Gasteiger partial charge in [-0.2, -0.15) is 0 Å². The molecule has 104 valence electrons. The van der Waals surface area contributed by atoms with Crippen molar-refractivity contribution in [2.75, 3.05) is 13.1 Å². The number of primary amides is 1. The van der Waals surface area contributed by atoms with Gasteiger partial charge in [0.05, 0.1) is 6.54 Å². The highest BCUT2D eigenvalue weighted by Crippen LogP contribution is 2.05. The van der Waals surface area contributed by atoms with Gasteiger partial charge in [0, 0.05) is 19.4 Å². The first-order valence-corrected chi connectivity index (χ1v) is 6.25.